The van der Waals surface area contributed by atoms with E-state index in [2.05, 4.69) is 27.1 Å². The summed E-state index contributed by atoms with van der Waals surface area (Å²) in [5.74, 6) is -1.22. The fourth-order valence-corrected chi connectivity index (χ4v) is 1.83. The first-order chi connectivity index (χ1) is 11.0. The van der Waals surface area contributed by atoms with Crippen LogP contribution in [-0.2, 0) is 9.53 Å². The normalized spacial score (nSPS) is 12.9. The number of benzene rings is 1. The first-order valence-electron chi connectivity index (χ1n) is 7.09. The molecule has 0 aliphatic heterocycles. The number of nitrogens with zero attached hydrogens (tertiary/aromatic N) is 1. The second kappa shape index (κ2) is 8.26. The van der Waals surface area contributed by atoms with E-state index in [9.17, 15) is 18.0 Å². The van der Waals surface area contributed by atoms with Crippen molar-refractivity contribution < 1.29 is 27.4 Å². The van der Waals surface area contributed by atoms with E-state index in [1.54, 1.807) is 26.8 Å². The van der Waals surface area contributed by atoms with E-state index in [-0.39, 0.29) is 18.9 Å². The number of isothiocyanates is 1. The smallest absolute Gasteiger partial charge is 0.465 e. The highest BCUT2D eigenvalue weighted by Gasteiger charge is 2.31. The number of ether oxygens (including phenoxy) is 2. The molecule has 132 valence electrons. The number of esters is 1. The highest BCUT2D eigenvalue weighted by molar-refractivity contribution is 7.78. The average Bonchev–Trinajstić information content (AvgIpc) is 2.44. The first kappa shape index (κ1) is 20.1. The minimum absolute atomic E-state index is 0.0356. The zero-order valence-corrected chi connectivity index (χ0v) is 14.3. The van der Waals surface area contributed by atoms with E-state index in [0.29, 0.717) is 5.56 Å². The summed E-state index contributed by atoms with van der Waals surface area (Å²) in [7, 11) is 0. The van der Waals surface area contributed by atoms with Crippen LogP contribution >= 0.6 is 12.2 Å². The van der Waals surface area contributed by atoms with Crippen LogP contribution in [0, 0.1) is 5.41 Å². The Morgan fingerprint density at radius 3 is 2.54 bits per heavy atom. The summed E-state index contributed by atoms with van der Waals surface area (Å²) in [6.07, 6.45) is -4.78. The lowest BCUT2D eigenvalue weighted by Gasteiger charge is -2.21. The lowest BCUT2D eigenvalue weighted by molar-refractivity contribution is -0.274. The van der Waals surface area contributed by atoms with Crippen molar-refractivity contribution in [3.8, 4) is 5.75 Å². The molecular formula is C16H18F3NO3S. The monoisotopic (exact) mass is 361 g/mol. The van der Waals surface area contributed by atoms with Gasteiger partial charge in [-0.3, -0.25) is 4.79 Å². The van der Waals surface area contributed by atoms with Crippen LogP contribution in [0.15, 0.2) is 29.3 Å². The third-order valence-corrected chi connectivity index (χ3v) is 3.10. The fraction of sp³-hybridized carbons (Fsp3) is 0.500. The van der Waals surface area contributed by atoms with Gasteiger partial charge in [-0.1, -0.05) is 12.1 Å². The van der Waals surface area contributed by atoms with Crippen molar-refractivity contribution in [1.82, 2.24) is 0 Å². The molecular weight excluding hydrogens is 343 g/mol. The Balaban J connectivity index is 2.93. The van der Waals surface area contributed by atoms with Crippen molar-refractivity contribution in [2.24, 2.45) is 10.4 Å². The molecule has 0 amide bonds. The van der Waals surface area contributed by atoms with Gasteiger partial charge in [-0.05, 0) is 50.7 Å². The summed E-state index contributed by atoms with van der Waals surface area (Å²) in [6.45, 7) is 5.22. The fourth-order valence-electron chi connectivity index (χ4n) is 1.76. The maximum Gasteiger partial charge on any atom is 0.573 e. The molecule has 0 bridgehead atoms. The third-order valence-electron chi connectivity index (χ3n) is 2.97. The third kappa shape index (κ3) is 7.10. The first-order valence-corrected chi connectivity index (χ1v) is 7.50. The molecule has 0 spiro atoms. The number of hydrogen-bond donors (Lipinski definition) is 0. The highest BCUT2D eigenvalue weighted by atomic mass is 32.1. The van der Waals surface area contributed by atoms with E-state index < -0.39 is 23.7 Å². The molecule has 1 aromatic rings. The molecule has 0 heterocycles. The Bertz CT molecular complexity index is 620. The number of rotatable bonds is 6. The molecule has 24 heavy (non-hydrogen) atoms. The van der Waals surface area contributed by atoms with E-state index in [1.807, 2.05) is 0 Å². The molecule has 8 heteroatoms. The van der Waals surface area contributed by atoms with Crippen molar-refractivity contribution in [2.45, 2.75) is 33.1 Å². The maximum absolute atomic E-state index is 12.3. The van der Waals surface area contributed by atoms with Gasteiger partial charge in [-0.25, -0.2) is 4.99 Å². The lowest BCUT2D eigenvalue weighted by Crippen LogP contribution is -2.25. The van der Waals surface area contributed by atoms with Crippen LogP contribution in [0.2, 0.25) is 0 Å². The van der Waals surface area contributed by atoms with Crippen LogP contribution in [0.4, 0.5) is 13.2 Å². The zero-order chi connectivity index (χ0) is 18.4. The molecule has 4 nitrogen and oxygen atoms in total. The molecule has 0 N–H and O–H groups in total. The van der Waals surface area contributed by atoms with Gasteiger partial charge in [0.1, 0.15) is 5.75 Å². The number of carbonyl (C=O) groups excluding carboxylic acids is 1. The van der Waals surface area contributed by atoms with Gasteiger partial charge in [0, 0.05) is 5.92 Å². The zero-order valence-electron chi connectivity index (χ0n) is 13.5. The summed E-state index contributed by atoms with van der Waals surface area (Å²) in [4.78, 5) is 15.7. The Kier molecular flexibility index (Phi) is 6.93. The van der Waals surface area contributed by atoms with Gasteiger partial charge < -0.3 is 9.47 Å². The summed E-state index contributed by atoms with van der Waals surface area (Å²) >= 11 is 4.51. The highest BCUT2D eigenvalue weighted by Crippen LogP contribution is 2.27. The molecule has 0 saturated carbocycles. The Labute approximate surface area is 143 Å². The predicted octanol–water partition coefficient (Wildman–Crippen LogP) is 4.36. The second-order valence-corrected chi connectivity index (χ2v) is 6.28. The van der Waals surface area contributed by atoms with Crippen LogP contribution in [0.1, 0.15) is 32.3 Å². The van der Waals surface area contributed by atoms with E-state index in [4.69, 9.17) is 4.74 Å². The summed E-state index contributed by atoms with van der Waals surface area (Å²) in [6, 6.07) is 5.47. The number of hydrogen-bond acceptors (Lipinski definition) is 5. The molecule has 0 aliphatic rings. The molecule has 1 atom stereocenters. The summed E-state index contributed by atoms with van der Waals surface area (Å²) < 4.78 is 46.1. The minimum Gasteiger partial charge on any atom is -0.465 e. The van der Waals surface area contributed by atoms with Crippen LogP contribution < -0.4 is 4.74 Å². The quantitative estimate of drug-likeness (QED) is 0.429. The largest absolute Gasteiger partial charge is 0.573 e. The van der Waals surface area contributed by atoms with Crippen LogP contribution in [0.5, 0.6) is 5.75 Å². The molecule has 0 aliphatic carbocycles. The van der Waals surface area contributed by atoms with Gasteiger partial charge in [-0.15, -0.1) is 13.2 Å². The molecule has 1 rings (SSSR count). The number of carbonyl (C=O) groups is 1. The lowest BCUT2D eigenvalue weighted by atomic mass is 9.96. The van der Waals surface area contributed by atoms with Gasteiger partial charge in [-0.2, -0.15) is 0 Å². The Morgan fingerprint density at radius 1 is 1.33 bits per heavy atom. The topological polar surface area (TPSA) is 47.9 Å². The predicted molar refractivity (Wildman–Crippen MR) is 86.2 cm³/mol. The van der Waals surface area contributed by atoms with E-state index in [0.717, 1.165) is 0 Å². The van der Waals surface area contributed by atoms with Gasteiger partial charge in [0.2, 0.25) is 0 Å². The molecule has 0 radical (unpaired) electrons. The molecule has 0 fully saturated rings. The van der Waals surface area contributed by atoms with Gasteiger partial charge >= 0.3 is 12.3 Å². The van der Waals surface area contributed by atoms with Crippen LogP contribution in [0.3, 0.4) is 0 Å². The van der Waals surface area contributed by atoms with Crippen molar-refractivity contribution in [3.63, 3.8) is 0 Å². The summed E-state index contributed by atoms with van der Waals surface area (Å²) in [5, 5.41) is 2.20. The SMILES string of the molecule is CC(C)(C)C(=O)OCC(CN=C=S)c1cccc(OC(F)(F)F)c1. The average molecular weight is 361 g/mol. The number of thiocarbonyl (C=S) groups is 1. The maximum atomic E-state index is 12.3. The number of alkyl halides is 3. The van der Waals surface area contributed by atoms with Crippen molar-refractivity contribution in [2.75, 3.05) is 13.2 Å². The Hall–Kier alpha value is -1.92. The molecule has 0 saturated heterocycles. The van der Waals surface area contributed by atoms with Crippen molar-refractivity contribution >= 4 is 23.3 Å². The molecule has 0 aromatic heterocycles. The molecule has 1 aromatic carbocycles. The standard InChI is InChI=1S/C16H18F3NO3S/c1-15(2,3)14(21)22-9-12(8-20-10-24)11-5-4-6-13(7-11)23-16(17,18)19/h4-7,12H,8-9H2,1-3H3. The second-order valence-electron chi connectivity index (χ2n) is 6.10. The minimum atomic E-state index is -4.78. The van der Waals surface area contributed by atoms with Gasteiger partial charge in [0.15, 0.2) is 0 Å². The summed E-state index contributed by atoms with van der Waals surface area (Å²) in [5.41, 5.74) is -0.188. The van der Waals surface area contributed by atoms with Crippen LogP contribution in [0.25, 0.3) is 0 Å². The van der Waals surface area contributed by atoms with Crippen LogP contribution in [-0.4, -0.2) is 30.6 Å². The van der Waals surface area contributed by atoms with Crippen molar-refractivity contribution in [1.29, 1.82) is 0 Å². The van der Waals surface area contributed by atoms with E-state index in [1.165, 1.54) is 18.2 Å². The molecule has 1 unspecified atom stereocenters. The number of aliphatic imine (C=N–C) groups is 1. The van der Waals surface area contributed by atoms with Gasteiger partial charge in [0.25, 0.3) is 0 Å². The van der Waals surface area contributed by atoms with Crippen molar-refractivity contribution in [3.05, 3.63) is 29.8 Å². The van der Waals surface area contributed by atoms with Gasteiger partial charge in [0.05, 0.1) is 23.7 Å². The van der Waals surface area contributed by atoms with E-state index >= 15 is 0 Å². The Morgan fingerprint density at radius 2 is 2.00 bits per heavy atom. The number of halogens is 3.